The second kappa shape index (κ2) is 15.6. The highest BCUT2D eigenvalue weighted by Crippen LogP contribution is 2.70. The minimum Gasteiger partial charge on any atom is -0.397 e. The Morgan fingerprint density at radius 3 is 2.31 bits per heavy atom. The van der Waals surface area contributed by atoms with Gasteiger partial charge in [0.05, 0.1) is 36.3 Å². The first kappa shape index (κ1) is 36.1. The number of carbonyl (C=O) groups is 2. The van der Waals surface area contributed by atoms with E-state index >= 15 is 0 Å². The van der Waals surface area contributed by atoms with Crippen LogP contribution in [0.2, 0.25) is 0 Å². The lowest BCUT2D eigenvalue weighted by molar-refractivity contribution is -0.180. The molecule has 1 heterocycles. The Hall–Kier alpha value is -2.75. The minimum atomic E-state index is -3.25. The van der Waals surface area contributed by atoms with Crippen LogP contribution in [0.3, 0.4) is 0 Å². The summed E-state index contributed by atoms with van der Waals surface area (Å²) in [7, 11) is 0. The van der Waals surface area contributed by atoms with Crippen LogP contribution in [0.25, 0.3) is 11.4 Å². The van der Waals surface area contributed by atoms with Crippen molar-refractivity contribution in [2.45, 2.75) is 115 Å². The van der Waals surface area contributed by atoms with Crippen molar-refractivity contribution in [1.82, 2.24) is 5.32 Å². The monoisotopic (exact) mass is 708 g/mol. The number of amides is 2. The third-order valence-electron chi connectivity index (χ3n) is 11.4. The normalized spacial score (nSPS) is 22.1. The molecule has 6 rings (SSSR count). The summed E-state index contributed by atoms with van der Waals surface area (Å²) in [5.41, 5.74) is 17.7. The molecule has 4 aliphatic rings. The van der Waals surface area contributed by atoms with Gasteiger partial charge in [-0.25, -0.2) is 0 Å². The Labute approximate surface area is 296 Å². The molecule has 2 aromatic rings. The fraction of sp³-hybridized carbons (Fsp3) is 0.579. The fourth-order valence-electron chi connectivity index (χ4n) is 8.76. The van der Waals surface area contributed by atoms with Crippen molar-refractivity contribution in [3.63, 3.8) is 0 Å². The van der Waals surface area contributed by atoms with Gasteiger partial charge in [0.25, 0.3) is 0 Å². The highest BCUT2D eigenvalue weighted by Gasteiger charge is 2.62. The Morgan fingerprint density at radius 1 is 0.898 bits per heavy atom. The van der Waals surface area contributed by atoms with Crippen LogP contribution in [0.4, 0.5) is 5.69 Å². The zero-order valence-corrected chi connectivity index (χ0v) is 30.4. The molecule has 2 amide bonds. The van der Waals surface area contributed by atoms with Crippen molar-refractivity contribution in [2.75, 3.05) is 18.1 Å². The molecule has 2 aromatic carbocycles. The number of nitrogens with zero attached hydrogens (tertiary/aromatic N) is 1. The molecule has 11 heteroatoms. The van der Waals surface area contributed by atoms with Crippen LogP contribution in [0.5, 0.6) is 0 Å². The number of unbranched alkanes of at least 4 members (excludes halogenated alkanes) is 3. The molecule has 0 aromatic heterocycles. The summed E-state index contributed by atoms with van der Waals surface area (Å²) >= 11 is 5.39. The molecule has 3 fully saturated rings. The Morgan fingerprint density at radius 2 is 1.57 bits per heavy atom. The van der Waals surface area contributed by atoms with E-state index in [2.05, 4.69) is 5.32 Å². The van der Waals surface area contributed by atoms with Gasteiger partial charge in [-0.15, -0.1) is 0 Å². The lowest BCUT2D eigenvalue weighted by Gasteiger charge is -2.65. The van der Waals surface area contributed by atoms with E-state index in [1.807, 2.05) is 48.5 Å². The van der Waals surface area contributed by atoms with Gasteiger partial charge in [-0.2, -0.15) is 0 Å². The van der Waals surface area contributed by atoms with Crippen LogP contribution >= 0.6 is 6.72 Å². The number of fused-ring (bicyclic) bond motifs is 2. The van der Waals surface area contributed by atoms with Crippen molar-refractivity contribution in [1.29, 1.82) is 0 Å². The van der Waals surface area contributed by atoms with Crippen LogP contribution < -0.4 is 21.7 Å². The summed E-state index contributed by atoms with van der Waals surface area (Å²) in [6, 6.07) is 15.1. The van der Waals surface area contributed by atoms with E-state index < -0.39 is 6.72 Å². The molecule has 3 saturated carbocycles. The number of rotatable bonds is 13. The molecule has 6 N–H and O–H groups in total. The van der Waals surface area contributed by atoms with Crippen LogP contribution in [-0.2, 0) is 37.0 Å². The number of nitrogens with one attached hydrogen (secondary N) is 1. The zero-order chi connectivity index (χ0) is 34.5. The molecule has 9 nitrogen and oxygen atoms in total. The topological polar surface area (TPSA) is 140 Å². The van der Waals surface area contributed by atoms with Crippen molar-refractivity contribution >= 4 is 47.4 Å². The molecule has 1 aliphatic heterocycles. The summed E-state index contributed by atoms with van der Waals surface area (Å²) in [4.78, 5) is 38.6. The summed E-state index contributed by atoms with van der Waals surface area (Å²) in [6.45, 7) is -1.99. The highest BCUT2D eigenvalue weighted by molar-refractivity contribution is 8.07. The van der Waals surface area contributed by atoms with Crippen LogP contribution in [0, 0.1) is 10.8 Å². The first-order valence-corrected chi connectivity index (χ1v) is 20.9. The third kappa shape index (κ3) is 8.42. The largest absolute Gasteiger partial charge is 0.397 e. The summed E-state index contributed by atoms with van der Waals surface area (Å²) in [5.74, 6) is -0.299. The zero-order valence-electron chi connectivity index (χ0n) is 28.7. The number of hydrogen-bond donors (Lipinski definition) is 4. The molecular formula is C38H53N4O5PS. The maximum atomic E-state index is 13.5. The Kier molecular flexibility index (Phi) is 11.5. The SMILES string of the molecule is NC1=C(N)c2ccccc2N(C(=O)CCC(=O)NCCCCCCOP(O)(=S)O[C@@H]2CCC23CC2(CCCCCC2)C3)Cc2ccccc21. The van der Waals surface area contributed by atoms with E-state index in [9.17, 15) is 14.5 Å². The number of carbonyl (C=O) groups excluding carboxylic acids is 2. The second-order valence-electron chi connectivity index (χ2n) is 14.8. The molecule has 0 radical (unpaired) electrons. The van der Waals surface area contributed by atoms with Gasteiger partial charge in [0.2, 0.25) is 11.8 Å². The van der Waals surface area contributed by atoms with Gasteiger partial charge in [-0.3, -0.25) is 9.59 Å². The first-order chi connectivity index (χ1) is 23.6. The standard InChI is InChI=1S/C38H53N4O5PS/c39-35-29-14-6-5-13-28(29)25-42(31-16-8-7-15-30(31)36(35)40)34(44)18-17-33(43)41-23-11-3-4-12-24-46-48(45,49)47-32-19-22-38(32)26-37(27-38)20-9-1-2-10-21-37/h5-8,13-16,32H,1-4,9-12,17-27,39-40H2,(H,41,43)(H,45,49)/t32-,48?/m1/s1. The lowest BCUT2D eigenvalue weighted by atomic mass is 9.42. The van der Waals surface area contributed by atoms with E-state index in [1.165, 1.54) is 57.8 Å². The molecule has 3 aliphatic carbocycles. The van der Waals surface area contributed by atoms with Crippen LogP contribution in [-0.4, -0.2) is 36.0 Å². The smallest absolute Gasteiger partial charge is 0.324 e. The predicted octanol–water partition coefficient (Wildman–Crippen LogP) is 7.27. The van der Waals surface area contributed by atoms with Gasteiger partial charge in [0.1, 0.15) is 0 Å². The van der Waals surface area contributed by atoms with Gasteiger partial charge in [-0.1, -0.05) is 81.0 Å². The minimum absolute atomic E-state index is 0.0490. The molecule has 266 valence electrons. The van der Waals surface area contributed by atoms with Crippen molar-refractivity contribution < 1.29 is 23.5 Å². The second-order valence-corrected chi connectivity index (χ2v) is 17.6. The fourth-order valence-corrected chi connectivity index (χ4v) is 10.4. The average Bonchev–Trinajstić information content (AvgIpc) is 3.34. The number of hydrogen-bond acceptors (Lipinski definition) is 7. The van der Waals surface area contributed by atoms with E-state index in [-0.39, 0.29) is 36.2 Å². The predicted molar refractivity (Wildman–Crippen MR) is 198 cm³/mol. The van der Waals surface area contributed by atoms with E-state index in [4.69, 9.17) is 32.3 Å². The Balaban J connectivity index is 0.865. The summed E-state index contributed by atoms with van der Waals surface area (Å²) < 4.78 is 11.8. The van der Waals surface area contributed by atoms with Crippen molar-refractivity contribution in [2.24, 2.45) is 22.3 Å². The summed E-state index contributed by atoms with van der Waals surface area (Å²) in [6.07, 6.45) is 16.4. The van der Waals surface area contributed by atoms with Crippen molar-refractivity contribution in [3.05, 3.63) is 65.2 Å². The number of para-hydroxylation sites is 1. The van der Waals surface area contributed by atoms with Gasteiger partial charge >= 0.3 is 6.72 Å². The average molecular weight is 709 g/mol. The van der Waals surface area contributed by atoms with Crippen molar-refractivity contribution in [3.8, 4) is 0 Å². The van der Waals surface area contributed by atoms with Crippen LogP contribution in [0.1, 0.15) is 119 Å². The number of benzene rings is 2. The molecule has 2 spiro atoms. The first-order valence-electron chi connectivity index (χ1n) is 18.3. The van der Waals surface area contributed by atoms with Gasteiger partial charge < -0.3 is 35.6 Å². The quantitative estimate of drug-likeness (QED) is 0.126. The molecular weight excluding hydrogens is 655 g/mol. The summed E-state index contributed by atoms with van der Waals surface area (Å²) in [5, 5.41) is 2.95. The van der Waals surface area contributed by atoms with Gasteiger partial charge in [0.15, 0.2) is 0 Å². The lowest BCUT2D eigenvalue weighted by Crippen LogP contribution is -2.59. The molecule has 49 heavy (non-hydrogen) atoms. The molecule has 0 saturated heterocycles. The van der Waals surface area contributed by atoms with Gasteiger partial charge in [-0.05, 0) is 85.6 Å². The maximum Gasteiger partial charge on any atom is 0.324 e. The molecule has 0 bridgehead atoms. The maximum absolute atomic E-state index is 13.5. The molecule has 1 unspecified atom stereocenters. The Bertz CT molecular complexity index is 1580. The highest BCUT2D eigenvalue weighted by atomic mass is 32.5. The van der Waals surface area contributed by atoms with E-state index in [0.717, 1.165) is 43.2 Å². The third-order valence-corrected chi connectivity index (χ3v) is 13.0. The molecule has 2 atom stereocenters. The van der Waals surface area contributed by atoms with E-state index in [1.54, 1.807) is 4.90 Å². The van der Waals surface area contributed by atoms with E-state index in [0.29, 0.717) is 47.8 Å². The number of nitrogens with two attached hydrogens (primary N) is 2. The van der Waals surface area contributed by atoms with Crippen LogP contribution in [0.15, 0.2) is 48.5 Å². The van der Waals surface area contributed by atoms with Gasteiger partial charge in [0, 0.05) is 30.5 Å². The number of anilines is 1.